The fraction of sp³-hybridized carbons (Fsp3) is 0.222. The van der Waals surface area contributed by atoms with Gasteiger partial charge in [0.1, 0.15) is 0 Å². The van der Waals surface area contributed by atoms with Crippen molar-refractivity contribution in [2.24, 2.45) is 5.84 Å². The van der Waals surface area contributed by atoms with Gasteiger partial charge >= 0.3 is 0 Å². The summed E-state index contributed by atoms with van der Waals surface area (Å²) in [6, 6.07) is 7.01. The largest absolute Gasteiger partial charge is 0.352 e. The second kappa shape index (κ2) is 4.47. The molecule has 0 radical (unpaired) electrons. The molecule has 4 heteroatoms. The lowest BCUT2D eigenvalue weighted by atomic mass is 10.2. The Morgan fingerprint density at radius 1 is 1.54 bits per heavy atom. The Morgan fingerprint density at radius 2 is 2.31 bits per heavy atom. The van der Waals surface area contributed by atoms with Crippen molar-refractivity contribution >= 4 is 11.6 Å². The van der Waals surface area contributed by atoms with Gasteiger partial charge in [0.2, 0.25) is 0 Å². The molecule has 1 rings (SSSR count). The van der Waals surface area contributed by atoms with Crippen molar-refractivity contribution in [2.45, 2.75) is 6.92 Å². The molecule has 0 saturated carbocycles. The van der Waals surface area contributed by atoms with Gasteiger partial charge < -0.3 is 10.7 Å². The van der Waals surface area contributed by atoms with Crippen molar-refractivity contribution in [3.05, 3.63) is 29.8 Å². The van der Waals surface area contributed by atoms with Gasteiger partial charge in [0, 0.05) is 17.8 Å². The number of hydrogen-bond donors (Lipinski definition) is 3. The van der Waals surface area contributed by atoms with Crippen LogP contribution in [-0.4, -0.2) is 12.5 Å². The second-order valence-electron chi connectivity index (χ2n) is 2.58. The van der Waals surface area contributed by atoms with Crippen LogP contribution in [0.5, 0.6) is 0 Å². The van der Waals surface area contributed by atoms with Crippen molar-refractivity contribution in [2.75, 3.05) is 12.0 Å². The molecule has 1 aromatic carbocycles. The summed E-state index contributed by atoms with van der Waals surface area (Å²) in [6.45, 7) is 2.50. The van der Waals surface area contributed by atoms with E-state index in [9.17, 15) is 4.79 Å². The van der Waals surface area contributed by atoms with Crippen molar-refractivity contribution in [1.29, 1.82) is 0 Å². The van der Waals surface area contributed by atoms with Crippen LogP contribution < -0.4 is 16.6 Å². The summed E-state index contributed by atoms with van der Waals surface area (Å²) in [5.41, 5.74) is 3.82. The maximum Gasteiger partial charge on any atom is 0.251 e. The van der Waals surface area contributed by atoms with Gasteiger partial charge in [-0.3, -0.25) is 10.6 Å². The average Bonchev–Trinajstić information content (AvgIpc) is 2.18. The molecule has 0 atom stereocenters. The third-order valence-electron chi connectivity index (χ3n) is 1.63. The Balaban J connectivity index is 2.82. The Labute approximate surface area is 77.1 Å². The van der Waals surface area contributed by atoms with Gasteiger partial charge in [-0.1, -0.05) is 6.07 Å². The molecule has 0 unspecified atom stereocenters. The van der Waals surface area contributed by atoms with E-state index in [0.29, 0.717) is 12.1 Å². The minimum atomic E-state index is -0.0837. The molecule has 0 aliphatic rings. The highest BCUT2D eigenvalue weighted by Crippen LogP contribution is 2.08. The van der Waals surface area contributed by atoms with E-state index < -0.39 is 0 Å². The van der Waals surface area contributed by atoms with Gasteiger partial charge in [-0.25, -0.2) is 0 Å². The number of nitrogens with two attached hydrogens (primary N) is 1. The molecule has 0 fully saturated rings. The van der Waals surface area contributed by atoms with E-state index in [-0.39, 0.29) is 5.91 Å². The number of carbonyl (C=O) groups excluding carboxylic acids is 1. The minimum absolute atomic E-state index is 0.0837. The molecule has 70 valence electrons. The van der Waals surface area contributed by atoms with Gasteiger partial charge in [0.05, 0.1) is 0 Å². The Bertz CT molecular complexity index is 299. The molecule has 1 amide bonds. The van der Waals surface area contributed by atoms with Gasteiger partial charge in [0.25, 0.3) is 5.91 Å². The summed E-state index contributed by atoms with van der Waals surface area (Å²) in [7, 11) is 0. The Morgan fingerprint density at radius 3 is 2.92 bits per heavy atom. The molecule has 0 saturated heterocycles. The number of hydrazine groups is 1. The smallest absolute Gasteiger partial charge is 0.251 e. The molecule has 0 aliphatic carbocycles. The van der Waals surface area contributed by atoms with Gasteiger partial charge in [-0.15, -0.1) is 0 Å². The number of rotatable bonds is 3. The number of anilines is 1. The molecular weight excluding hydrogens is 166 g/mol. The van der Waals surface area contributed by atoms with E-state index in [0.717, 1.165) is 5.69 Å². The zero-order chi connectivity index (χ0) is 9.68. The summed E-state index contributed by atoms with van der Waals surface area (Å²) < 4.78 is 0. The summed E-state index contributed by atoms with van der Waals surface area (Å²) >= 11 is 0. The van der Waals surface area contributed by atoms with E-state index in [1.165, 1.54) is 0 Å². The third-order valence-corrected chi connectivity index (χ3v) is 1.63. The van der Waals surface area contributed by atoms with Crippen LogP contribution in [0.25, 0.3) is 0 Å². The minimum Gasteiger partial charge on any atom is -0.352 e. The number of nitrogens with one attached hydrogen (secondary N) is 2. The number of amides is 1. The molecule has 13 heavy (non-hydrogen) atoms. The fourth-order valence-corrected chi connectivity index (χ4v) is 1.01. The van der Waals surface area contributed by atoms with Gasteiger partial charge in [-0.05, 0) is 25.1 Å². The fourth-order valence-electron chi connectivity index (χ4n) is 1.01. The van der Waals surface area contributed by atoms with E-state index in [2.05, 4.69) is 10.7 Å². The van der Waals surface area contributed by atoms with E-state index in [4.69, 9.17) is 5.84 Å². The lowest BCUT2D eigenvalue weighted by Crippen LogP contribution is -2.22. The lowest BCUT2D eigenvalue weighted by molar-refractivity contribution is 0.0956. The summed E-state index contributed by atoms with van der Waals surface area (Å²) in [6.07, 6.45) is 0. The molecule has 4 N–H and O–H groups in total. The summed E-state index contributed by atoms with van der Waals surface area (Å²) in [5.74, 6) is 5.13. The first-order chi connectivity index (χ1) is 6.27. The van der Waals surface area contributed by atoms with Crippen LogP contribution in [-0.2, 0) is 0 Å². The Hall–Kier alpha value is -1.55. The highest BCUT2D eigenvalue weighted by atomic mass is 16.1. The topological polar surface area (TPSA) is 67.2 Å². The van der Waals surface area contributed by atoms with Crippen LogP contribution in [0.2, 0.25) is 0 Å². The zero-order valence-corrected chi connectivity index (χ0v) is 7.50. The van der Waals surface area contributed by atoms with Crippen molar-refractivity contribution in [3.63, 3.8) is 0 Å². The maximum absolute atomic E-state index is 11.3. The number of hydrogen-bond acceptors (Lipinski definition) is 3. The molecule has 0 bridgehead atoms. The predicted octanol–water partition coefficient (Wildman–Crippen LogP) is 0.722. The van der Waals surface area contributed by atoms with Crippen LogP contribution in [0.3, 0.4) is 0 Å². The van der Waals surface area contributed by atoms with Crippen molar-refractivity contribution < 1.29 is 4.79 Å². The molecule has 0 aliphatic heterocycles. The molecule has 0 aromatic heterocycles. The number of benzene rings is 1. The standard InChI is InChI=1S/C9H13N3O/c1-2-11-9(13)7-4-3-5-8(6-7)12-10/h3-6,12H,2,10H2,1H3,(H,11,13). The highest BCUT2D eigenvalue weighted by Gasteiger charge is 2.03. The molecule has 1 aromatic rings. The van der Waals surface area contributed by atoms with Crippen LogP contribution >= 0.6 is 0 Å². The van der Waals surface area contributed by atoms with Gasteiger partial charge in [-0.2, -0.15) is 0 Å². The molecule has 0 spiro atoms. The first-order valence-electron chi connectivity index (χ1n) is 4.12. The monoisotopic (exact) mass is 179 g/mol. The van der Waals surface area contributed by atoms with E-state index in [1.807, 2.05) is 6.92 Å². The van der Waals surface area contributed by atoms with E-state index in [1.54, 1.807) is 24.3 Å². The van der Waals surface area contributed by atoms with Crippen LogP contribution in [0.1, 0.15) is 17.3 Å². The first-order valence-corrected chi connectivity index (χ1v) is 4.12. The zero-order valence-electron chi connectivity index (χ0n) is 7.50. The number of carbonyl (C=O) groups is 1. The van der Waals surface area contributed by atoms with Gasteiger partial charge in [0.15, 0.2) is 0 Å². The third kappa shape index (κ3) is 2.45. The molecular formula is C9H13N3O. The Kier molecular flexibility index (Phi) is 3.28. The molecule has 4 nitrogen and oxygen atoms in total. The van der Waals surface area contributed by atoms with E-state index >= 15 is 0 Å². The predicted molar refractivity (Wildman–Crippen MR) is 52.3 cm³/mol. The van der Waals surface area contributed by atoms with Crippen LogP contribution in [0.4, 0.5) is 5.69 Å². The first kappa shape index (κ1) is 9.54. The van der Waals surface area contributed by atoms with Crippen molar-refractivity contribution in [1.82, 2.24) is 5.32 Å². The summed E-state index contributed by atoms with van der Waals surface area (Å²) in [5, 5.41) is 2.71. The quantitative estimate of drug-likeness (QED) is 0.473. The highest BCUT2D eigenvalue weighted by molar-refractivity contribution is 5.95. The summed E-state index contributed by atoms with van der Waals surface area (Å²) in [4.78, 5) is 11.3. The number of nitrogen functional groups attached to an aromatic ring is 1. The lowest BCUT2D eigenvalue weighted by Gasteiger charge is -2.04. The second-order valence-corrected chi connectivity index (χ2v) is 2.58. The SMILES string of the molecule is CCNC(=O)c1cccc(NN)c1. The molecule has 0 heterocycles. The normalized spacial score (nSPS) is 9.38. The van der Waals surface area contributed by atoms with Crippen LogP contribution in [0.15, 0.2) is 24.3 Å². The average molecular weight is 179 g/mol. The maximum atomic E-state index is 11.3. The van der Waals surface area contributed by atoms with Crippen LogP contribution in [0, 0.1) is 0 Å². The van der Waals surface area contributed by atoms with Crippen molar-refractivity contribution in [3.8, 4) is 0 Å².